The van der Waals surface area contributed by atoms with Gasteiger partial charge >= 0.3 is 0 Å². The number of hydrogen-bond donors (Lipinski definition) is 0. The Morgan fingerprint density at radius 3 is 3.00 bits per heavy atom. The van der Waals surface area contributed by atoms with Crippen molar-refractivity contribution >= 4 is 5.91 Å². The number of benzene rings is 2. The molecule has 1 aliphatic heterocycles. The molecule has 28 heavy (non-hydrogen) atoms. The maximum atomic E-state index is 12.8. The van der Waals surface area contributed by atoms with Crippen LogP contribution in [0.2, 0.25) is 0 Å². The van der Waals surface area contributed by atoms with E-state index in [1.165, 1.54) is 0 Å². The highest BCUT2D eigenvalue weighted by Gasteiger charge is 2.28. The molecule has 0 saturated heterocycles. The van der Waals surface area contributed by atoms with Gasteiger partial charge in [-0.1, -0.05) is 24.3 Å². The van der Waals surface area contributed by atoms with Crippen molar-refractivity contribution in [3.05, 3.63) is 72.1 Å². The molecule has 0 fully saturated rings. The predicted molar refractivity (Wildman–Crippen MR) is 106 cm³/mol. The molecule has 4 rings (SSSR count). The molecule has 0 radical (unpaired) electrons. The van der Waals surface area contributed by atoms with Crippen LogP contribution in [0.5, 0.6) is 11.5 Å². The van der Waals surface area contributed by atoms with E-state index in [0.717, 1.165) is 34.7 Å². The number of amides is 1. The summed E-state index contributed by atoms with van der Waals surface area (Å²) in [5, 5.41) is 4.41. The number of aryl methyl sites for hydroxylation is 1. The van der Waals surface area contributed by atoms with E-state index in [0.29, 0.717) is 13.0 Å². The second-order valence-corrected chi connectivity index (χ2v) is 6.94. The van der Waals surface area contributed by atoms with Crippen molar-refractivity contribution in [2.45, 2.75) is 25.5 Å². The maximum absolute atomic E-state index is 12.8. The van der Waals surface area contributed by atoms with Gasteiger partial charge in [0.1, 0.15) is 11.5 Å². The van der Waals surface area contributed by atoms with Gasteiger partial charge < -0.3 is 14.4 Å². The lowest BCUT2D eigenvalue weighted by Crippen LogP contribution is -2.41. The molecule has 1 amide bonds. The summed E-state index contributed by atoms with van der Waals surface area (Å²) < 4.78 is 13.0. The van der Waals surface area contributed by atoms with E-state index in [4.69, 9.17) is 9.47 Å². The first-order valence-electron chi connectivity index (χ1n) is 9.31. The number of fused-ring (bicyclic) bond motifs is 1. The average Bonchev–Trinajstić information content (AvgIpc) is 3.21. The van der Waals surface area contributed by atoms with Gasteiger partial charge in [0.05, 0.1) is 19.0 Å². The second-order valence-electron chi connectivity index (χ2n) is 6.94. The molecule has 1 aromatic heterocycles. The monoisotopic (exact) mass is 377 g/mol. The number of likely N-dealkylation sites (N-methyl/N-ethyl adjacent to an activating group) is 1. The molecule has 1 unspecified atom stereocenters. The maximum Gasteiger partial charge on any atom is 0.263 e. The van der Waals surface area contributed by atoms with Gasteiger partial charge in [0.2, 0.25) is 0 Å². The third kappa shape index (κ3) is 3.71. The fraction of sp³-hybridized carbons (Fsp3) is 0.273. The Balaban J connectivity index is 1.42. The van der Waals surface area contributed by atoms with Crippen LogP contribution >= 0.6 is 0 Å². The van der Waals surface area contributed by atoms with Crippen LogP contribution in [0.1, 0.15) is 17.5 Å². The first-order chi connectivity index (χ1) is 13.6. The second kappa shape index (κ2) is 7.76. The minimum absolute atomic E-state index is 0.0105. The number of rotatable bonds is 5. The number of nitrogens with zero attached hydrogens (tertiary/aromatic N) is 3. The van der Waals surface area contributed by atoms with Gasteiger partial charge in [-0.2, -0.15) is 5.10 Å². The van der Waals surface area contributed by atoms with Crippen molar-refractivity contribution in [1.29, 1.82) is 0 Å². The molecule has 0 spiro atoms. The molecule has 6 nitrogen and oxygen atoms in total. The van der Waals surface area contributed by atoms with Crippen LogP contribution in [-0.2, 0) is 17.8 Å². The Bertz CT molecular complexity index is 982. The number of carbonyl (C=O) groups is 1. The molecule has 0 saturated carbocycles. The Morgan fingerprint density at radius 1 is 1.29 bits per heavy atom. The molecule has 0 N–H and O–H groups in total. The average molecular weight is 377 g/mol. The molecule has 0 aliphatic carbocycles. The largest absolute Gasteiger partial charge is 0.497 e. The third-order valence-electron chi connectivity index (χ3n) is 4.94. The summed E-state index contributed by atoms with van der Waals surface area (Å²) in [6.07, 6.45) is 4.82. The predicted octanol–water partition coefficient (Wildman–Crippen LogP) is 3.23. The Morgan fingerprint density at radius 2 is 2.14 bits per heavy atom. The zero-order valence-corrected chi connectivity index (χ0v) is 16.0. The summed E-state index contributed by atoms with van der Waals surface area (Å²) in [5.41, 5.74) is 3.02. The molecule has 2 aromatic carbocycles. The number of ether oxygens (including phenoxy) is 2. The smallest absolute Gasteiger partial charge is 0.263 e. The van der Waals surface area contributed by atoms with Crippen LogP contribution in [0.3, 0.4) is 0 Å². The number of aromatic nitrogens is 2. The zero-order chi connectivity index (χ0) is 19.5. The SMILES string of the molecule is COc1cccc(-n2cc(CN(C)C(=O)C3CCc4ccccc4O3)cn2)c1. The van der Waals surface area contributed by atoms with Gasteiger partial charge in [-0.3, -0.25) is 4.79 Å². The van der Waals surface area contributed by atoms with E-state index in [9.17, 15) is 4.79 Å². The van der Waals surface area contributed by atoms with Crippen molar-refractivity contribution in [2.24, 2.45) is 0 Å². The van der Waals surface area contributed by atoms with Crippen molar-refractivity contribution < 1.29 is 14.3 Å². The fourth-order valence-electron chi connectivity index (χ4n) is 3.43. The fourth-order valence-corrected chi connectivity index (χ4v) is 3.43. The quantitative estimate of drug-likeness (QED) is 0.685. The summed E-state index contributed by atoms with van der Waals surface area (Å²) in [6.45, 7) is 0.476. The van der Waals surface area contributed by atoms with Gasteiger partial charge in [0.15, 0.2) is 6.10 Å². The zero-order valence-electron chi connectivity index (χ0n) is 16.0. The third-order valence-corrected chi connectivity index (χ3v) is 4.94. The molecular formula is C22H23N3O3. The van der Waals surface area contributed by atoms with Crippen molar-refractivity contribution in [2.75, 3.05) is 14.2 Å². The van der Waals surface area contributed by atoms with Gasteiger partial charge in [-0.15, -0.1) is 0 Å². The van der Waals surface area contributed by atoms with Crippen LogP contribution < -0.4 is 9.47 Å². The summed E-state index contributed by atoms with van der Waals surface area (Å²) in [4.78, 5) is 14.5. The molecule has 0 bridgehead atoms. The minimum Gasteiger partial charge on any atom is -0.497 e. The van der Waals surface area contributed by atoms with Crippen LogP contribution in [0.15, 0.2) is 60.9 Å². The Labute approximate surface area is 164 Å². The highest BCUT2D eigenvalue weighted by molar-refractivity contribution is 5.81. The van der Waals surface area contributed by atoms with Crippen LogP contribution in [0, 0.1) is 0 Å². The van der Waals surface area contributed by atoms with E-state index < -0.39 is 6.10 Å². The van der Waals surface area contributed by atoms with Crippen molar-refractivity contribution in [3.8, 4) is 17.2 Å². The van der Waals surface area contributed by atoms with Crippen LogP contribution in [0.4, 0.5) is 0 Å². The first-order valence-corrected chi connectivity index (χ1v) is 9.31. The van der Waals surface area contributed by atoms with Gasteiger partial charge in [0, 0.05) is 31.4 Å². The van der Waals surface area contributed by atoms with Gasteiger partial charge in [-0.25, -0.2) is 4.68 Å². The van der Waals surface area contributed by atoms with Crippen LogP contribution in [0.25, 0.3) is 5.69 Å². The number of para-hydroxylation sites is 1. The van der Waals surface area contributed by atoms with Crippen molar-refractivity contribution in [1.82, 2.24) is 14.7 Å². The standard InChI is InChI=1S/C22H23N3O3/c1-24(22(26)21-11-10-17-6-3-4-9-20(17)28-21)14-16-13-23-25(15-16)18-7-5-8-19(12-18)27-2/h3-9,12-13,15,21H,10-11,14H2,1-2H3. The number of carbonyl (C=O) groups excluding carboxylic acids is 1. The molecule has 6 heteroatoms. The van der Waals surface area contributed by atoms with Gasteiger partial charge in [-0.05, 0) is 36.6 Å². The molecule has 144 valence electrons. The van der Waals surface area contributed by atoms with Crippen molar-refractivity contribution in [3.63, 3.8) is 0 Å². The highest BCUT2D eigenvalue weighted by atomic mass is 16.5. The summed E-state index contributed by atoms with van der Waals surface area (Å²) in [6, 6.07) is 15.6. The molecule has 1 aliphatic rings. The lowest BCUT2D eigenvalue weighted by Gasteiger charge is -2.28. The Hall–Kier alpha value is -3.28. The molecule has 3 aromatic rings. The van der Waals surface area contributed by atoms with E-state index in [1.54, 1.807) is 29.9 Å². The summed E-state index contributed by atoms with van der Waals surface area (Å²) >= 11 is 0. The van der Waals surface area contributed by atoms with E-state index in [1.807, 2.05) is 54.7 Å². The number of methoxy groups -OCH3 is 1. The summed E-state index contributed by atoms with van der Waals surface area (Å²) in [7, 11) is 3.44. The van der Waals surface area contributed by atoms with E-state index >= 15 is 0 Å². The normalized spacial score (nSPS) is 15.4. The first kappa shape index (κ1) is 18.1. The lowest BCUT2D eigenvalue weighted by atomic mass is 10.0. The topological polar surface area (TPSA) is 56.6 Å². The van der Waals surface area contributed by atoms with E-state index in [-0.39, 0.29) is 5.91 Å². The van der Waals surface area contributed by atoms with E-state index in [2.05, 4.69) is 5.10 Å². The molecule has 1 atom stereocenters. The molecular weight excluding hydrogens is 354 g/mol. The number of hydrogen-bond acceptors (Lipinski definition) is 4. The lowest BCUT2D eigenvalue weighted by molar-refractivity contribution is -0.138. The molecule has 2 heterocycles. The van der Waals surface area contributed by atoms with Gasteiger partial charge in [0.25, 0.3) is 5.91 Å². The summed E-state index contributed by atoms with van der Waals surface area (Å²) in [5.74, 6) is 1.58. The Kier molecular flexibility index (Phi) is 5.02. The minimum atomic E-state index is -0.437. The van der Waals surface area contributed by atoms with Crippen LogP contribution in [-0.4, -0.2) is 40.8 Å². The highest BCUT2D eigenvalue weighted by Crippen LogP contribution is 2.28.